The highest BCUT2D eigenvalue weighted by Gasteiger charge is 2.48. The van der Waals surface area contributed by atoms with E-state index in [1.807, 2.05) is 0 Å². The van der Waals surface area contributed by atoms with Crippen molar-refractivity contribution in [1.29, 1.82) is 0 Å². The molecule has 1 saturated heterocycles. The van der Waals surface area contributed by atoms with Gasteiger partial charge in [-0.05, 0) is 24.6 Å². The fraction of sp³-hybridized carbons (Fsp3) is 0.353. The van der Waals surface area contributed by atoms with Crippen LogP contribution in [0.1, 0.15) is 28.6 Å². The van der Waals surface area contributed by atoms with E-state index < -0.39 is 41.8 Å². The number of aryl methyl sites for hydroxylation is 1. The van der Waals surface area contributed by atoms with Crippen LogP contribution >= 0.6 is 0 Å². The van der Waals surface area contributed by atoms with Gasteiger partial charge in [0.05, 0.1) is 12.7 Å². The molecule has 28 heavy (non-hydrogen) atoms. The first-order chi connectivity index (χ1) is 13.3. The molecule has 11 heteroatoms. The molecular formula is C17H17N5O6. The third-order valence-corrected chi connectivity index (χ3v) is 4.55. The summed E-state index contributed by atoms with van der Waals surface area (Å²) in [6.07, 6.45) is -1.55. The number of benzene rings is 1. The molecule has 2 aromatic rings. The summed E-state index contributed by atoms with van der Waals surface area (Å²) in [5.41, 5.74) is 5.19. The Morgan fingerprint density at radius 1 is 1.39 bits per heavy atom. The summed E-state index contributed by atoms with van der Waals surface area (Å²) in [6, 6.07) is 7.81. The zero-order valence-corrected chi connectivity index (χ0v) is 14.8. The molecule has 1 aromatic carbocycles. The summed E-state index contributed by atoms with van der Waals surface area (Å²) >= 11 is 0. The number of hydrogen-bond acceptors (Lipinski definition) is 7. The summed E-state index contributed by atoms with van der Waals surface area (Å²) < 4.78 is 6.91. The number of rotatable bonds is 4. The zero-order chi connectivity index (χ0) is 20.5. The fourth-order valence-corrected chi connectivity index (χ4v) is 3.04. The minimum atomic E-state index is -1.96. The molecule has 146 valence electrons. The van der Waals surface area contributed by atoms with Crippen molar-refractivity contribution in [3.8, 4) is 0 Å². The van der Waals surface area contributed by atoms with Crippen LogP contribution in [0.5, 0.6) is 0 Å². The van der Waals surface area contributed by atoms with Crippen molar-refractivity contribution in [3.05, 3.63) is 78.9 Å². The lowest BCUT2D eigenvalue weighted by Crippen LogP contribution is -2.46. The van der Waals surface area contributed by atoms with Gasteiger partial charge in [-0.2, -0.15) is 4.57 Å². The van der Waals surface area contributed by atoms with Crippen LogP contribution in [0, 0.1) is 6.92 Å². The standard InChI is InChI=1S/C17H17N5O6/c1-10-8-21(13-7-12(24)17(9-23,28-13)19-20-18)16(27)22(14(10)25)15(26)11-5-3-2-4-6-11/h2-6,8,12-13,23-24H,7,9H2,1H3/t12-,13+,17+/m0/s1. The Morgan fingerprint density at radius 3 is 2.68 bits per heavy atom. The summed E-state index contributed by atoms with van der Waals surface area (Å²) in [5.74, 6) is -0.810. The van der Waals surface area contributed by atoms with Gasteiger partial charge in [-0.3, -0.25) is 14.2 Å². The van der Waals surface area contributed by atoms with Gasteiger partial charge >= 0.3 is 5.69 Å². The van der Waals surface area contributed by atoms with E-state index in [1.165, 1.54) is 25.3 Å². The Kier molecular flexibility index (Phi) is 5.16. The van der Waals surface area contributed by atoms with Gasteiger partial charge in [0.2, 0.25) is 0 Å². The first-order valence-electron chi connectivity index (χ1n) is 8.32. The van der Waals surface area contributed by atoms with E-state index in [0.29, 0.717) is 4.57 Å². The Morgan fingerprint density at radius 2 is 2.07 bits per heavy atom. The summed E-state index contributed by atoms with van der Waals surface area (Å²) in [7, 11) is 0. The van der Waals surface area contributed by atoms with Crippen LogP contribution in [0.2, 0.25) is 0 Å². The van der Waals surface area contributed by atoms with E-state index in [-0.39, 0.29) is 17.5 Å². The van der Waals surface area contributed by atoms with Crippen LogP contribution in [-0.2, 0) is 4.74 Å². The molecule has 0 saturated carbocycles. The van der Waals surface area contributed by atoms with Gasteiger partial charge in [-0.1, -0.05) is 23.3 Å². The van der Waals surface area contributed by atoms with Crippen molar-refractivity contribution in [3.63, 3.8) is 0 Å². The zero-order valence-electron chi connectivity index (χ0n) is 14.8. The highest BCUT2D eigenvalue weighted by Crippen LogP contribution is 2.37. The Hall–Kier alpha value is -3.24. The van der Waals surface area contributed by atoms with E-state index in [1.54, 1.807) is 18.2 Å². The first kappa shape index (κ1) is 19.5. The number of carbonyl (C=O) groups is 1. The van der Waals surface area contributed by atoms with Crippen molar-refractivity contribution in [1.82, 2.24) is 9.13 Å². The van der Waals surface area contributed by atoms with E-state index in [9.17, 15) is 24.6 Å². The molecule has 0 spiro atoms. The highest BCUT2D eigenvalue weighted by atomic mass is 16.6. The molecule has 1 aliphatic rings. The number of azide groups is 1. The lowest BCUT2D eigenvalue weighted by Gasteiger charge is -2.24. The SMILES string of the molecule is Cc1cn([C@H]2C[C@H](O)[C@](CO)(N=[N+]=[N-])O2)c(=O)n(C(=O)c2ccccc2)c1=O. The molecule has 0 amide bonds. The molecule has 11 nitrogen and oxygen atoms in total. The van der Waals surface area contributed by atoms with Gasteiger partial charge in [0.15, 0.2) is 5.72 Å². The van der Waals surface area contributed by atoms with Gasteiger partial charge in [0, 0.05) is 28.7 Å². The first-order valence-corrected chi connectivity index (χ1v) is 8.32. The van der Waals surface area contributed by atoms with Gasteiger partial charge in [0.25, 0.3) is 11.5 Å². The number of ether oxygens (including phenoxy) is 1. The normalized spacial score (nSPS) is 24.0. The van der Waals surface area contributed by atoms with Crippen LogP contribution in [0.15, 0.2) is 51.2 Å². The predicted molar refractivity (Wildman–Crippen MR) is 95.6 cm³/mol. The lowest BCUT2D eigenvalue weighted by molar-refractivity contribution is -0.124. The molecule has 0 radical (unpaired) electrons. The molecule has 0 aliphatic carbocycles. The number of aliphatic hydroxyl groups is 2. The Labute approximate surface area is 157 Å². The predicted octanol–water partition coefficient (Wildman–Crippen LogP) is 0.286. The maximum atomic E-state index is 12.9. The molecule has 1 aliphatic heterocycles. The van der Waals surface area contributed by atoms with Crippen molar-refractivity contribution < 1.29 is 19.7 Å². The van der Waals surface area contributed by atoms with Crippen molar-refractivity contribution in [2.24, 2.45) is 5.11 Å². The van der Waals surface area contributed by atoms with Crippen molar-refractivity contribution >= 4 is 5.91 Å². The van der Waals surface area contributed by atoms with Crippen LogP contribution in [0.4, 0.5) is 0 Å². The monoisotopic (exact) mass is 387 g/mol. The van der Waals surface area contributed by atoms with Gasteiger partial charge < -0.3 is 14.9 Å². The van der Waals surface area contributed by atoms with Crippen LogP contribution < -0.4 is 11.2 Å². The maximum Gasteiger partial charge on any atom is 0.340 e. The fourth-order valence-electron chi connectivity index (χ4n) is 3.04. The van der Waals surface area contributed by atoms with E-state index in [2.05, 4.69) is 10.0 Å². The van der Waals surface area contributed by atoms with E-state index in [4.69, 9.17) is 10.3 Å². The number of aliphatic hydroxyl groups excluding tert-OH is 2. The van der Waals surface area contributed by atoms with Crippen molar-refractivity contribution in [2.45, 2.75) is 31.4 Å². The number of nitrogens with zero attached hydrogens (tertiary/aromatic N) is 5. The summed E-state index contributed by atoms with van der Waals surface area (Å²) in [4.78, 5) is 40.6. The minimum absolute atomic E-state index is 0.0900. The minimum Gasteiger partial charge on any atom is -0.393 e. The third-order valence-electron chi connectivity index (χ3n) is 4.55. The largest absolute Gasteiger partial charge is 0.393 e. The smallest absolute Gasteiger partial charge is 0.340 e. The number of hydrogen-bond donors (Lipinski definition) is 2. The second-order valence-electron chi connectivity index (χ2n) is 6.33. The highest BCUT2D eigenvalue weighted by molar-refractivity contribution is 5.95. The van der Waals surface area contributed by atoms with Crippen LogP contribution in [-0.4, -0.2) is 43.7 Å². The molecular weight excluding hydrogens is 370 g/mol. The molecule has 2 N–H and O–H groups in total. The van der Waals surface area contributed by atoms with Crippen LogP contribution in [0.3, 0.4) is 0 Å². The molecule has 1 fully saturated rings. The Balaban J connectivity index is 2.11. The molecule has 2 heterocycles. The Bertz CT molecular complexity index is 1070. The van der Waals surface area contributed by atoms with Gasteiger partial charge in [0.1, 0.15) is 6.23 Å². The average molecular weight is 387 g/mol. The molecule has 3 rings (SSSR count). The second kappa shape index (κ2) is 7.41. The number of aromatic nitrogens is 2. The quantitative estimate of drug-likeness (QED) is 0.435. The molecule has 0 bridgehead atoms. The average Bonchev–Trinajstić information content (AvgIpc) is 3.02. The van der Waals surface area contributed by atoms with E-state index in [0.717, 1.165) is 4.57 Å². The lowest BCUT2D eigenvalue weighted by atomic mass is 10.1. The van der Waals surface area contributed by atoms with Crippen molar-refractivity contribution in [2.75, 3.05) is 6.61 Å². The molecule has 0 unspecified atom stereocenters. The maximum absolute atomic E-state index is 12.9. The molecule has 1 aromatic heterocycles. The van der Waals surface area contributed by atoms with E-state index >= 15 is 0 Å². The number of carbonyl (C=O) groups excluding carboxylic acids is 1. The molecule has 3 atom stereocenters. The third kappa shape index (κ3) is 3.12. The topological polar surface area (TPSA) is 160 Å². The summed E-state index contributed by atoms with van der Waals surface area (Å²) in [6.45, 7) is 0.607. The second-order valence-corrected chi connectivity index (χ2v) is 6.33. The van der Waals surface area contributed by atoms with Gasteiger partial charge in [-0.25, -0.2) is 4.79 Å². The van der Waals surface area contributed by atoms with Gasteiger partial charge in [-0.15, -0.1) is 0 Å². The van der Waals surface area contributed by atoms with Crippen LogP contribution in [0.25, 0.3) is 10.4 Å². The summed E-state index contributed by atoms with van der Waals surface area (Å²) in [5, 5.41) is 23.0.